The van der Waals surface area contributed by atoms with Crippen LogP contribution in [0.5, 0.6) is 0 Å². The van der Waals surface area contributed by atoms with Gasteiger partial charge in [-0.3, -0.25) is 0 Å². The first-order valence-corrected chi connectivity index (χ1v) is 7.08. The second-order valence-electron chi connectivity index (χ2n) is 5.03. The summed E-state index contributed by atoms with van der Waals surface area (Å²) in [6.07, 6.45) is 11.8. The van der Waals surface area contributed by atoms with Crippen molar-refractivity contribution in [2.75, 3.05) is 0 Å². The molecule has 0 saturated carbocycles. The molecule has 0 heteroatoms. The molecule has 98 valence electrons. The van der Waals surface area contributed by atoms with E-state index in [0.29, 0.717) is 5.92 Å². The number of benzene rings is 2. The van der Waals surface area contributed by atoms with Crippen molar-refractivity contribution in [3.05, 3.63) is 108 Å². The van der Waals surface area contributed by atoms with Crippen molar-refractivity contribution in [2.24, 2.45) is 0 Å². The maximum Gasteiger partial charge on any atom is 0.0124 e. The number of hydrogen-bond acceptors (Lipinski definition) is 0. The Bertz CT molecular complexity index is 577. The Hall–Kier alpha value is -2.34. The van der Waals surface area contributed by atoms with Crippen molar-refractivity contribution in [3.63, 3.8) is 0 Å². The zero-order valence-electron chi connectivity index (χ0n) is 11.4. The zero-order valence-corrected chi connectivity index (χ0v) is 11.4. The molecule has 3 rings (SSSR count). The summed E-state index contributed by atoms with van der Waals surface area (Å²) in [6, 6.07) is 21.5. The smallest absolute Gasteiger partial charge is 0.0124 e. The van der Waals surface area contributed by atoms with Crippen molar-refractivity contribution in [3.8, 4) is 0 Å². The molecule has 0 radical (unpaired) electrons. The van der Waals surface area contributed by atoms with Gasteiger partial charge in [0, 0.05) is 5.92 Å². The van der Waals surface area contributed by atoms with Gasteiger partial charge in [0.1, 0.15) is 0 Å². The Morgan fingerprint density at radius 2 is 1.20 bits per heavy atom. The molecule has 0 N–H and O–H groups in total. The van der Waals surface area contributed by atoms with E-state index in [-0.39, 0.29) is 0 Å². The molecule has 2 aromatic rings. The first kappa shape index (κ1) is 12.7. The van der Waals surface area contributed by atoms with Gasteiger partial charge in [-0.15, -0.1) is 0 Å². The third kappa shape index (κ3) is 2.97. The molecule has 1 aliphatic rings. The van der Waals surface area contributed by atoms with E-state index in [9.17, 15) is 0 Å². The third-order valence-electron chi connectivity index (χ3n) is 3.68. The van der Waals surface area contributed by atoms with E-state index in [4.69, 9.17) is 0 Å². The highest BCUT2D eigenvalue weighted by Crippen LogP contribution is 2.29. The van der Waals surface area contributed by atoms with E-state index in [1.807, 2.05) is 0 Å². The predicted octanol–water partition coefficient (Wildman–Crippen LogP) is 5.26. The number of rotatable bonds is 4. The first-order valence-electron chi connectivity index (χ1n) is 7.08. The predicted molar refractivity (Wildman–Crippen MR) is 85.7 cm³/mol. The molecule has 2 aromatic carbocycles. The van der Waals surface area contributed by atoms with E-state index in [1.165, 1.54) is 16.7 Å². The largest absolute Gasteiger partial charge is 0.0763 e. The number of hydrogen-bond donors (Lipinski definition) is 0. The van der Waals surface area contributed by atoms with Gasteiger partial charge in [-0.05, 0) is 23.1 Å². The third-order valence-corrected chi connectivity index (χ3v) is 3.68. The SMILES string of the molecule is C1=CC(=CCC(c2ccccc2)c2ccccc2)C=C1. The maximum atomic E-state index is 2.32. The molecule has 0 heterocycles. The van der Waals surface area contributed by atoms with Crippen LogP contribution >= 0.6 is 0 Å². The topological polar surface area (TPSA) is 0 Å². The molecular formula is C20H18. The first-order chi connectivity index (χ1) is 9.93. The van der Waals surface area contributed by atoms with Crippen molar-refractivity contribution in [1.82, 2.24) is 0 Å². The van der Waals surface area contributed by atoms with E-state index in [0.717, 1.165) is 6.42 Å². The van der Waals surface area contributed by atoms with Crippen LogP contribution in [0.25, 0.3) is 0 Å². The highest BCUT2D eigenvalue weighted by Gasteiger charge is 2.12. The van der Waals surface area contributed by atoms with Crippen molar-refractivity contribution in [2.45, 2.75) is 12.3 Å². The highest BCUT2D eigenvalue weighted by molar-refractivity contribution is 5.41. The van der Waals surface area contributed by atoms with E-state index in [2.05, 4.69) is 91.0 Å². The van der Waals surface area contributed by atoms with Gasteiger partial charge in [0.05, 0.1) is 0 Å². The molecule has 0 amide bonds. The Balaban J connectivity index is 1.90. The number of allylic oxidation sites excluding steroid dienone is 6. The fourth-order valence-corrected chi connectivity index (χ4v) is 2.61. The normalized spacial score (nSPS) is 13.2. The van der Waals surface area contributed by atoms with Crippen LogP contribution in [0, 0.1) is 0 Å². The molecule has 20 heavy (non-hydrogen) atoms. The fraction of sp³-hybridized carbons (Fsp3) is 0.100. The monoisotopic (exact) mass is 258 g/mol. The van der Waals surface area contributed by atoms with Crippen LogP contribution in [-0.2, 0) is 0 Å². The molecule has 0 bridgehead atoms. The van der Waals surface area contributed by atoms with Crippen LogP contribution in [0.2, 0.25) is 0 Å². The molecule has 0 fully saturated rings. The second-order valence-corrected chi connectivity index (χ2v) is 5.03. The highest BCUT2D eigenvalue weighted by atomic mass is 14.2. The lowest BCUT2D eigenvalue weighted by atomic mass is 9.88. The minimum absolute atomic E-state index is 0.423. The lowest BCUT2D eigenvalue weighted by molar-refractivity contribution is 0.827. The van der Waals surface area contributed by atoms with E-state index in [1.54, 1.807) is 0 Å². The van der Waals surface area contributed by atoms with E-state index < -0.39 is 0 Å². The summed E-state index contributed by atoms with van der Waals surface area (Å²) in [5, 5.41) is 0. The van der Waals surface area contributed by atoms with Crippen molar-refractivity contribution < 1.29 is 0 Å². The van der Waals surface area contributed by atoms with Gasteiger partial charge in [0.2, 0.25) is 0 Å². The Morgan fingerprint density at radius 1 is 0.700 bits per heavy atom. The van der Waals surface area contributed by atoms with Crippen LogP contribution in [0.1, 0.15) is 23.5 Å². The summed E-state index contributed by atoms with van der Waals surface area (Å²) in [4.78, 5) is 0. The van der Waals surface area contributed by atoms with Gasteiger partial charge >= 0.3 is 0 Å². The quantitative estimate of drug-likeness (QED) is 0.701. The van der Waals surface area contributed by atoms with Gasteiger partial charge in [-0.25, -0.2) is 0 Å². The summed E-state index contributed by atoms with van der Waals surface area (Å²) < 4.78 is 0. The molecule has 0 aliphatic heterocycles. The molecule has 0 saturated heterocycles. The summed E-state index contributed by atoms with van der Waals surface area (Å²) in [7, 11) is 0. The molecule has 0 nitrogen and oxygen atoms in total. The Labute approximate surface area is 120 Å². The minimum atomic E-state index is 0.423. The molecule has 0 spiro atoms. The minimum Gasteiger partial charge on any atom is -0.0763 e. The Morgan fingerprint density at radius 3 is 1.70 bits per heavy atom. The summed E-state index contributed by atoms with van der Waals surface area (Å²) >= 11 is 0. The summed E-state index contributed by atoms with van der Waals surface area (Å²) in [6.45, 7) is 0. The van der Waals surface area contributed by atoms with Crippen LogP contribution < -0.4 is 0 Å². The standard InChI is InChI=1S/C20H18/c1-3-11-18(12-4-1)20(19-13-5-2-6-14-19)16-15-17-9-7-8-10-17/h1-15,20H,16H2. The Kier molecular flexibility index (Phi) is 3.93. The van der Waals surface area contributed by atoms with Crippen LogP contribution in [-0.4, -0.2) is 0 Å². The lowest BCUT2D eigenvalue weighted by Gasteiger charge is -2.16. The maximum absolute atomic E-state index is 2.32. The van der Waals surface area contributed by atoms with Crippen LogP contribution in [0.3, 0.4) is 0 Å². The van der Waals surface area contributed by atoms with Crippen LogP contribution in [0.15, 0.2) is 96.6 Å². The second kappa shape index (κ2) is 6.21. The molecule has 0 unspecified atom stereocenters. The van der Waals surface area contributed by atoms with Crippen LogP contribution in [0.4, 0.5) is 0 Å². The molecule has 0 atom stereocenters. The zero-order chi connectivity index (χ0) is 13.6. The molecule has 1 aliphatic carbocycles. The van der Waals surface area contributed by atoms with Gasteiger partial charge in [0.25, 0.3) is 0 Å². The fourth-order valence-electron chi connectivity index (χ4n) is 2.61. The van der Waals surface area contributed by atoms with Crippen molar-refractivity contribution in [1.29, 1.82) is 0 Å². The van der Waals surface area contributed by atoms with Crippen molar-refractivity contribution >= 4 is 0 Å². The lowest BCUT2D eigenvalue weighted by Crippen LogP contribution is -2.00. The molecular weight excluding hydrogens is 240 g/mol. The van der Waals surface area contributed by atoms with E-state index >= 15 is 0 Å². The molecule has 0 aromatic heterocycles. The van der Waals surface area contributed by atoms with Gasteiger partial charge in [-0.2, -0.15) is 0 Å². The summed E-state index contributed by atoms with van der Waals surface area (Å²) in [5.74, 6) is 0.423. The van der Waals surface area contributed by atoms with Gasteiger partial charge < -0.3 is 0 Å². The average molecular weight is 258 g/mol. The van der Waals surface area contributed by atoms with Gasteiger partial charge in [-0.1, -0.05) is 91.0 Å². The van der Waals surface area contributed by atoms with Gasteiger partial charge in [0.15, 0.2) is 0 Å². The average Bonchev–Trinajstić information content (AvgIpc) is 3.03. The summed E-state index contributed by atoms with van der Waals surface area (Å²) in [5.41, 5.74) is 4.06.